The van der Waals surface area contributed by atoms with Crippen LogP contribution in [0.15, 0.2) is 5.03 Å². The zero-order valence-electron chi connectivity index (χ0n) is 12.4. The zero-order chi connectivity index (χ0) is 13.7. The Morgan fingerprint density at radius 2 is 1.83 bits per heavy atom. The molecule has 0 aromatic carbocycles. The van der Waals surface area contributed by atoms with E-state index in [0.717, 1.165) is 29.6 Å². The highest BCUT2D eigenvalue weighted by atomic mass is 32.2. The van der Waals surface area contributed by atoms with Crippen LogP contribution in [0.4, 0.5) is 5.82 Å². The van der Waals surface area contributed by atoms with E-state index in [1.165, 1.54) is 5.56 Å². The number of hydrogen-bond acceptors (Lipinski definition) is 4. The molecule has 1 aromatic heterocycles. The normalized spacial score (nSPS) is 12.8. The van der Waals surface area contributed by atoms with E-state index in [1.54, 1.807) is 0 Å². The van der Waals surface area contributed by atoms with Crippen LogP contribution >= 0.6 is 11.8 Å². The lowest BCUT2D eigenvalue weighted by atomic mass is 10.2. The SMILES string of the molecule is CCNc1nc(CC)nc(SC(C)C(C)C)c1C. The van der Waals surface area contributed by atoms with E-state index in [2.05, 4.69) is 56.8 Å². The molecular formula is C14H25N3S. The predicted octanol–water partition coefficient (Wildman–Crippen LogP) is 3.92. The molecule has 0 saturated carbocycles. The molecule has 0 aliphatic heterocycles. The summed E-state index contributed by atoms with van der Waals surface area (Å²) in [6, 6.07) is 0. The van der Waals surface area contributed by atoms with Gasteiger partial charge in [0, 0.05) is 23.8 Å². The van der Waals surface area contributed by atoms with Crippen LogP contribution in [-0.4, -0.2) is 21.8 Å². The van der Waals surface area contributed by atoms with E-state index < -0.39 is 0 Å². The Hall–Kier alpha value is -0.770. The van der Waals surface area contributed by atoms with E-state index >= 15 is 0 Å². The number of aryl methyl sites for hydroxylation is 1. The van der Waals surface area contributed by atoms with Gasteiger partial charge < -0.3 is 5.32 Å². The van der Waals surface area contributed by atoms with E-state index in [9.17, 15) is 0 Å². The molecule has 1 heterocycles. The number of rotatable bonds is 6. The van der Waals surface area contributed by atoms with E-state index in [1.807, 2.05) is 11.8 Å². The van der Waals surface area contributed by atoms with Crippen LogP contribution in [0.2, 0.25) is 0 Å². The molecule has 1 rings (SSSR count). The maximum atomic E-state index is 4.67. The van der Waals surface area contributed by atoms with Gasteiger partial charge in [-0.05, 0) is 19.8 Å². The lowest BCUT2D eigenvalue weighted by Crippen LogP contribution is -2.10. The number of hydrogen-bond donors (Lipinski definition) is 1. The van der Waals surface area contributed by atoms with Gasteiger partial charge in [0.25, 0.3) is 0 Å². The Balaban J connectivity index is 3.05. The quantitative estimate of drug-likeness (QED) is 0.626. The van der Waals surface area contributed by atoms with Gasteiger partial charge in [-0.15, -0.1) is 11.8 Å². The van der Waals surface area contributed by atoms with Crippen LogP contribution < -0.4 is 5.32 Å². The fourth-order valence-corrected chi connectivity index (χ4v) is 2.52. The van der Waals surface area contributed by atoms with Crippen molar-refractivity contribution in [1.29, 1.82) is 0 Å². The predicted molar refractivity (Wildman–Crippen MR) is 80.5 cm³/mol. The third kappa shape index (κ3) is 3.87. The molecule has 0 bridgehead atoms. The van der Waals surface area contributed by atoms with E-state index in [4.69, 9.17) is 0 Å². The molecule has 1 unspecified atom stereocenters. The molecule has 0 saturated heterocycles. The average Bonchev–Trinajstić information content (AvgIpc) is 2.33. The highest BCUT2D eigenvalue weighted by Gasteiger charge is 2.15. The minimum absolute atomic E-state index is 0.567. The maximum absolute atomic E-state index is 4.67. The van der Waals surface area contributed by atoms with Gasteiger partial charge in [0.15, 0.2) is 0 Å². The Kier molecular flexibility index (Phi) is 5.93. The van der Waals surface area contributed by atoms with Crippen LogP contribution in [0, 0.1) is 12.8 Å². The zero-order valence-corrected chi connectivity index (χ0v) is 13.2. The van der Waals surface area contributed by atoms with Gasteiger partial charge in [-0.1, -0.05) is 27.7 Å². The van der Waals surface area contributed by atoms with Gasteiger partial charge >= 0.3 is 0 Å². The molecule has 1 aromatic rings. The number of anilines is 1. The molecule has 0 aliphatic rings. The van der Waals surface area contributed by atoms with E-state index in [0.29, 0.717) is 11.2 Å². The molecule has 1 N–H and O–H groups in total. The maximum Gasteiger partial charge on any atom is 0.133 e. The Labute approximate surface area is 115 Å². The fraction of sp³-hybridized carbons (Fsp3) is 0.714. The number of nitrogens with zero attached hydrogens (tertiary/aromatic N) is 2. The molecule has 18 heavy (non-hydrogen) atoms. The summed E-state index contributed by atoms with van der Waals surface area (Å²) < 4.78 is 0. The standard InChI is InChI=1S/C14H25N3S/c1-7-12-16-13(15-8-2)10(5)14(17-12)18-11(6)9(3)4/h9,11H,7-8H2,1-6H3,(H,15,16,17). The van der Waals surface area contributed by atoms with Gasteiger partial charge in [-0.3, -0.25) is 0 Å². The van der Waals surface area contributed by atoms with Crippen LogP contribution in [0.25, 0.3) is 0 Å². The first-order valence-electron chi connectivity index (χ1n) is 6.77. The topological polar surface area (TPSA) is 37.8 Å². The summed E-state index contributed by atoms with van der Waals surface area (Å²) in [5.74, 6) is 2.56. The minimum Gasteiger partial charge on any atom is -0.370 e. The minimum atomic E-state index is 0.567. The number of aromatic nitrogens is 2. The Morgan fingerprint density at radius 3 is 2.33 bits per heavy atom. The van der Waals surface area contributed by atoms with Crippen molar-refractivity contribution in [2.75, 3.05) is 11.9 Å². The molecule has 0 radical (unpaired) electrons. The van der Waals surface area contributed by atoms with Crippen molar-refractivity contribution in [2.45, 2.75) is 58.2 Å². The first kappa shape index (κ1) is 15.3. The van der Waals surface area contributed by atoms with Crippen LogP contribution in [0.3, 0.4) is 0 Å². The summed E-state index contributed by atoms with van der Waals surface area (Å²) in [5.41, 5.74) is 1.17. The summed E-state index contributed by atoms with van der Waals surface area (Å²) in [6.07, 6.45) is 0.877. The molecule has 3 nitrogen and oxygen atoms in total. The monoisotopic (exact) mass is 267 g/mol. The van der Waals surface area contributed by atoms with Gasteiger partial charge in [0.05, 0.1) is 0 Å². The Morgan fingerprint density at radius 1 is 1.17 bits per heavy atom. The van der Waals surface area contributed by atoms with Crippen molar-refractivity contribution in [2.24, 2.45) is 5.92 Å². The first-order chi connectivity index (χ1) is 8.49. The molecule has 0 amide bonds. The highest BCUT2D eigenvalue weighted by molar-refractivity contribution is 7.99. The van der Waals surface area contributed by atoms with Crippen molar-refractivity contribution in [3.05, 3.63) is 11.4 Å². The Bertz CT molecular complexity index is 391. The second-order valence-electron chi connectivity index (χ2n) is 4.87. The van der Waals surface area contributed by atoms with Crippen molar-refractivity contribution < 1.29 is 0 Å². The molecule has 102 valence electrons. The van der Waals surface area contributed by atoms with Crippen molar-refractivity contribution in [3.8, 4) is 0 Å². The van der Waals surface area contributed by atoms with Crippen molar-refractivity contribution in [1.82, 2.24) is 9.97 Å². The van der Waals surface area contributed by atoms with Crippen LogP contribution in [0.1, 0.15) is 46.0 Å². The van der Waals surface area contributed by atoms with E-state index in [-0.39, 0.29) is 0 Å². The third-order valence-electron chi connectivity index (χ3n) is 3.04. The first-order valence-corrected chi connectivity index (χ1v) is 7.65. The molecule has 4 heteroatoms. The largest absolute Gasteiger partial charge is 0.370 e. The van der Waals surface area contributed by atoms with Crippen LogP contribution in [-0.2, 0) is 6.42 Å². The summed E-state index contributed by atoms with van der Waals surface area (Å²) in [6.45, 7) is 13.9. The smallest absolute Gasteiger partial charge is 0.133 e. The summed E-state index contributed by atoms with van der Waals surface area (Å²) in [4.78, 5) is 9.23. The van der Waals surface area contributed by atoms with Gasteiger partial charge in [0.1, 0.15) is 16.7 Å². The lowest BCUT2D eigenvalue weighted by Gasteiger charge is -2.18. The second-order valence-corrected chi connectivity index (χ2v) is 6.24. The lowest BCUT2D eigenvalue weighted by molar-refractivity contribution is 0.641. The molecular weight excluding hydrogens is 242 g/mol. The number of nitrogens with one attached hydrogen (secondary N) is 1. The average molecular weight is 267 g/mol. The van der Waals surface area contributed by atoms with Crippen molar-refractivity contribution >= 4 is 17.6 Å². The molecule has 0 fully saturated rings. The van der Waals surface area contributed by atoms with Gasteiger partial charge in [-0.25, -0.2) is 9.97 Å². The second kappa shape index (κ2) is 6.98. The summed E-state index contributed by atoms with van der Waals surface area (Å²) >= 11 is 1.86. The summed E-state index contributed by atoms with van der Waals surface area (Å²) in [5, 5.41) is 5.02. The number of thioether (sulfide) groups is 1. The van der Waals surface area contributed by atoms with Gasteiger partial charge in [0.2, 0.25) is 0 Å². The molecule has 0 spiro atoms. The molecule has 1 atom stereocenters. The summed E-state index contributed by atoms with van der Waals surface area (Å²) in [7, 11) is 0. The fourth-order valence-electron chi connectivity index (χ4n) is 1.46. The van der Waals surface area contributed by atoms with Gasteiger partial charge in [-0.2, -0.15) is 0 Å². The van der Waals surface area contributed by atoms with Crippen LogP contribution in [0.5, 0.6) is 0 Å². The van der Waals surface area contributed by atoms with Crippen molar-refractivity contribution in [3.63, 3.8) is 0 Å². The highest BCUT2D eigenvalue weighted by Crippen LogP contribution is 2.31. The third-order valence-corrected chi connectivity index (χ3v) is 4.58. The molecule has 0 aliphatic carbocycles.